The van der Waals surface area contributed by atoms with Gasteiger partial charge < -0.3 is 9.84 Å². The molecule has 0 bridgehead atoms. The Kier molecular flexibility index (Phi) is 4.41. The van der Waals surface area contributed by atoms with Gasteiger partial charge in [0.2, 0.25) is 5.75 Å². The van der Waals surface area contributed by atoms with Crippen LogP contribution in [0.15, 0.2) is 40.3 Å². The first-order valence-corrected chi connectivity index (χ1v) is 6.92. The Morgan fingerprint density at radius 3 is 2.70 bits per heavy atom. The van der Waals surface area contributed by atoms with Gasteiger partial charge >= 0.3 is 5.97 Å². The zero-order valence-electron chi connectivity index (χ0n) is 10.6. The highest BCUT2D eigenvalue weighted by molar-refractivity contribution is 7.98. The summed E-state index contributed by atoms with van der Waals surface area (Å²) >= 11 is 1.15. The number of hydrogen-bond donors (Lipinski definition) is 2. The Bertz CT molecular complexity index is 670. The van der Waals surface area contributed by atoms with Gasteiger partial charge in [-0.2, -0.15) is 0 Å². The topological polar surface area (TPSA) is 92.3 Å². The number of aromatic carboxylic acids is 1. The predicted molar refractivity (Wildman–Crippen MR) is 74.4 cm³/mol. The number of aromatic amines is 1. The van der Waals surface area contributed by atoms with Crippen molar-refractivity contribution in [2.45, 2.75) is 11.8 Å². The smallest absolute Gasteiger partial charge is 0.358 e. The van der Waals surface area contributed by atoms with Crippen molar-refractivity contribution in [3.63, 3.8) is 0 Å². The standard InChI is InChI=1S/C13H12N2O4S/c1-20-13-14-9(12(17)18)10(11(16)15-13)19-7-8-5-3-2-4-6-8/h2-6H,7H2,1H3,(H,17,18)(H,14,15,16). The van der Waals surface area contributed by atoms with Crippen molar-refractivity contribution in [1.29, 1.82) is 0 Å². The van der Waals surface area contributed by atoms with E-state index in [1.165, 1.54) is 0 Å². The molecule has 2 N–H and O–H groups in total. The molecule has 0 aliphatic rings. The SMILES string of the molecule is CSc1nc(C(=O)O)c(OCc2ccccc2)c(=O)[nH]1. The van der Waals surface area contributed by atoms with E-state index in [4.69, 9.17) is 9.84 Å². The molecule has 2 rings (SSSR count). The van der Waals surface area contributed by atoms with Crippen LogP contribution in [0.1, 0.15) is 16.1 Å². The van der Waals surface area contributed by atoms with Crippen LogP contribution in [0.25, 0.3) is 0 Å². The maximum atomic E-state index is 11.8. The van der Waals surface area contributed by atoms with Gasteiger partial charge in [-0.1, -0.05) is 42.1 Å². The van der Waals surface area contributed by atoms with Gasteiger partial charge in [0.25, 0.3) is 5.56 Å². The molecule has 0 unspecified atom stereocenters. The lowest BCUT2D eigenvalue weighted by molar-refractivity contribution is 0.0683. The largest absolute Gasteiger partial charge is 0.481 e. The van der Waals surface area contributed by atoms with E-state index >= 15 is 0 Å². The van der Waals surface area contributed by atoms with Crippen molar-refractivity contribution >= 4 is 17.7 Å². The molecule has 1 heterocycles. The van der Waals surface area contributed by atoms with Crippen LogP contribution in [0.3, 0.4) is 0 Å². The van der Waals surface area contributed by atoms with Crippen molar-refractivity contribution in [2.24, 2.45) is 0 Å². The van der Waals surface area contributed by atoms with Crippen LogP contribution in [0.4, 0.5) is 0 Å². The van der Waals surface area contributed by atoms with Crippen LogP contribution in [-0.4, -0.2) is 27.3 Å². The number of carbonyl (C=O) groups is 1. The van der Waals surface area contributed by atoms with Gasteiger partial charge in [0.05, 0.1) is 0 Å². The fourth-order valence-corrected chi connectivity index (χ4v) is 1.92. The number of hydrogen-bond acceptors (Lipinski definition) is 5. The van der Waals surface area contributed by atoms with Gasteiger partial charge in [0, 0.05) is 0 Å². The molecule has 1 aromatic heterocycles. The lowest BCUT2D eigenvalue weighted by Gasteiger charge is -2.08. The lowest BCUT2D eigenvalue weighted by atomic mass is 10.2. The number of thioether (sulfide) groups is 1. The van der Waals surface area contributed by atoms with E-state index in [-0.39, 0.29) is 23.2 Å². The van der Waals surface area contributed by atoms with E-state index in [1.54, 1.807) is 6.26 Å². The lowest BCUT2D eigenvalue weighted by Crippen LogP contribution is -2.19. The van der Waals surface area contributed by atoms with Crippen molar-refractivity contribution in [1.82, 2.24) is 9.97 Å². The zero-order chi connectivity index (χ0) is 14.5. The molecule has 0 amide bonds. The Balaban J connectivity index is 2.31. The number of aromatic nitrogens is 2. The number of rotatable bonds is 5. The molecule has 0 saturated carbocycles. The van der Waals surface area contributed by atoms with E-state index in [9.17, 15) is 9.59 Å². The van der Waals surface area contributed by atoms with Crippen LogP contribution in [-0.2, 0) is 6.61 Å². The molecule has 0 atom stereocenters. The van der Waals surface area contributed by atoms with E-state index in [1.807, 2.05) is 30.3 Å². The third kappa shape index (κ3) is 3.18. The summed E-state index contributed by atoms with van der Waals surface area (Å²) in [7, 11) is 0. The molecule has 1 aromatic carbocycles. The van der Waals surface area contributed by atoms with Crippen molar-refractivity contribution in [3.05, 3.63) is 51.9 Å². The minimum absolute atomic E-state index is 0.102. The number of benzene rings is 1. The Labute approximate surface area is 118 Å². The Morgan fingerprint density at radius 2 is 2.10 bits per heavy atom. The van der Waals surface area contributed by atoms with Gasteiger partial charge in [-0.25, -0.2) is 9.78 Å². The molecule has 0 saturated heterocycles. The van der Waals surface area contributed by atoms with Crippen LogP contribution in [0.2, 0.25) is 0 Å². The summed E-state index contributed by atoms with van der Waals surface area (Å²) in [5.41, 5.74) is -0.149. The summed E-state index contributed by atoms with van der Waals surface area (Å²) in [6.45, 7) is 0.102. The third-order valence-corrected chi connectivity index (χ3v) is 3.06. The number of carboxylic acids is 1. The minimum Gasteiger partial charge on any atom is -0.481 e. The molecule has 0 aliphatic heterocycles. The second-order valence-corrected chi connectivity index (χ2v) is 4.63. The molecule has 0 fully saturated rings. The highest BCUT2D eigenvalue weighted by Crippen LogP contribution is 2.16. The van der Waals surface area contributed by atoms with Crippen LogP contribution in [0, 0.1) is 0 Å². The first-order valence-electron chi connectivity index (χ1n) is 5.70. The normalized spacial score (nSPS) is 10.2. The molecule has 6 nitrogen and oxygen atoms in total. The summed E-state index contributed by atoms with van der Waals surface area (Å²) in [5, 5.41) is 9.34. The fourth-order valence-electron chi connectivity index (χ4n) is 1.55. The average molecular weight is 292 g/mol. The molecule has 2 aromatic rings. The summed E-state index contributed by atoms with van der Waals surface area (Å²) in [5.74, 6) is -1.58. The molecular formula is C13H12N2O4S. The average Bonchev–Trinajstić information content (AvgIpc) is 2.46. The minimum atomic E-state index is -1.30. The number of nitrogens with zero attached hydrogens (tertiary/aromatic N) is 1. The van der Waals surface area contributed by atoms with Gasteiger partial charge in [-0.3, -0.25) is 9.78 Å². The fraction of sp³-hybridized carbons (Fsp3) is 0.154. The molecule has 7 heteroatoms. The zero-order valence-corrected chi connectivity index (χ0v) is 11.4. The molecule has 104 valence electrons. The number of ether oxygens (including phenoxy) is 1. The second-order valence-electron chi connectivity index (χ2n) is 3.83. The van der Waals surface area contributed by atoms with E-state index in [2.05, 4.69) is 9.97 Å². The van der Waals surface area contributed by atoms with Gasteiger partial charge in [0.1, 0.15) is 6.61 Å². The van der Waals surface area contributed by atoms with Crippen LogP contribution >= 0.6 is 11.8 Å². The third-order valence-electron chi connectivity index (χ3n) is 2.48. The first-order chi connectivity index (χ1) is 9.61. The van der Waals surface area contributed by atoms with E-state index in [0.29, 0.717) is 0 Å². The number of nitrogens with one attached hydrogen (secondary N) is 1. The molecule has 20 heavy (non-hydrogen) atoms. The highest BCUT2D eigenvalue weighted by atomic mass is 32.2. The molecule has 0 spiro atoms. The summed E-state index contributed by atoms with van der Waals surface area (Å²) in [6.07, 6.45) is 1.69. The summed E-state index contributed by atoms with van der Waals surface area (Å²) in [4.78, 5) is 29.3. The molecular weight excluding hydrogens is 280 g/mol. The van der Waals surface area contributed by atoms with Crippen molar-refractivity contribution < 1.29 is 14.6 Å². The van der Waals surface area contributed by atoms with E-state index in [0.717, 1.165) is 17.3 Å². The van der Waals surface area contributed by atoms with Crippen LogP contribution < -0.4 is 10.3 Å². The first kappa shape index (κ1) is 14.1. The Hall–Kier alpha value is -2.28. The summed E-state index contributed by atoms with van der Waals surface area (Å²) < 4.78 is 5.32. The van der Waals surface area contributed by atoms with Gasteiger partial charge in [-0.15, -0.1) is 0 Å². The monoisotopic (exact) mass is 292 g/mol. The second kappa shape index (κ2) is 6.25. The van der Waals surface area contributed by atoms with Crippen molar-refractivity contribution in [3.8, 4) is 5.75 Å². The number of carboxylic acid groups (broad SMARTS) is 1. The van der Waals surface area contributed by atoms with Gasteiger partial charge in [0.15, 0.2) is 10.9 Å². The predicted octanol–water partition coefficient (Wildman–Crippen LogP) is 1.77. The quantitative estimate of drug-likeness (QED) is 0.644. The van der Waals surface area contributed by atoms with Gasteiger partial charge in [-0.05, 0) is 11.8 Å². The van der Waals surface area contributed by atoms with Crippen molar-refractivity contribution in [2.75, 3.05) is 6.26 Å². The molecule has 0 radical (unpaired) electrons. The summed E-state index contributed by atoms with van der Waals surface area (Å²) in [6, 6.07) is 9.15. The van der Waals surface area contributed by atoms with Crippen LogP contribution in [0.5, 0.6) is 5.75 Å². The molecule has 0 aliphatic carbocycles. The Morgan fingerprint density at radius 1 is 1.40 bits per heavy atom. The number of H-pyrrole nitrogens is 1. The maximum absolute atomic E-state index is 11.8. The maximum Gasteiger partial charge on any atom is 0.358 e. The highest BCUT2D eigenvalue weighted by Gasteiger charge is 2.19. The van der Waals surface area contributed by atoms with E-state index < -0.39 is 11.5 Å².